The highest BCUT2D eigenvalue weighted by Gasteiger charge is 2.18. The van der Waals surface area contributed by atoms with Crippen LogP contribution in [0.3, 0.4) is 0 Å². The van der Waals surface area contributed by atoms with Crippen LogP contribution in [0.5, 0.6) is 11.5 Å². The van der Waals surface area contributed by atoms with Gasteiger partial charge in [0.15, 0.2) is 16.6 Å². The minimum absolute atomic E-state index is 0.208. The highest BCUT2D eigenvalue weighted by molar-refractivity contribution is 7.22. The van der Waals surface area contributed by atoms with E-state index in [1.807, 2.05) is 72.8 Å². The summed E-state index contributed by atoms with van der Waals surface area (Å²) >= 11 is 1.45. The van der Waals surface area contributed by atoms with Crippen LogP contribution >= 0.6 is 11.3 Å². The number of aromatic nitrogens is 2. The van der Waals surface area contributed by atoms with Crippen LogP contribution in [0.1, 0.15) is 10.4 Å². The molecule has 0 saturated carbocycles. The summed E-state index contributed by atoms with van der Waals surface area (Å²) in [5, 5.41) is 4.31. The summed E-state index contributed by atoms with van der Waals surface area (Å²) in [5.74, 6) is 1.16. The first-order valence-corrected chi connectivity index (χ1v) is 10.5. The molecular weight excluding hydrogens is 410 g/mol. The number of amides is 1. The van der Waals surface area contributed by atoms with E-state index in [0.29, 0.717) is 27.9 Å². The van der Waals surface area contributed by atoms with Gasteiger partial charge in [-0.2, -0.15) is 0 Å². The molecule has 1 N–H and O–H groups in total. The molecule has 0 aliphatic carbocycles. The van der Waals surface area contributed by atoms with Gasteiger partial charge in [-0.15, -0.1) is 0 Å². The Morgan fingerprint density at radius 1 is 0.871 bits per heavy atom. The van der Waals surface area contributed by atoms with Gasteiger partial charge in [0.1, 0.15) is 0 Å². The second-order valence-corrected chi connectivity index (χ2v) is 8.11. The summed E-state index contributed by atoms with van der Waals surface area (Å²) in [6.45, 7) is 0.208. The van der Waals surface area contributed by atoms with E-state index >= 15 is 0 Å². The molecule has 0 unspecified atom stereocenters. The maximum absolute atomic E-state index is 13.3. The third kappa shape index (κ3) is 3.15. The molecule has 0 saturated heterocycles. The zero-order chi connectivity index (χ0) is 20.8. The van der Waals surface area contributed by atoms with Gasteiger partial charge < -0.3 is 9.47 Å². The van der Waals surface area contributed by atoms with Crippen molar-refractivity contribution in [3.8, 4) is 22.8 Å². The molecule has 0 spiro atoms. The van der Waals surface area contributed by atoms with E-state index in [1.54, 1.807) is 0 Å². The van der Waals surface area contributed by atoms with Crippen LogP contribution < -0.4 is 14.8 Å². The summed E-state index contributed by atoms with van der Waals surface area (Å²) < 4.78 is 11.9. The molecule has 0 bridgehead atoms. The predicted molar refractivity (Wildman–Crippen MR) is 121 cm³/mol. The number of pyridine rings is 1. The van der Waals surface area contributed by atoms with Crippen LogP contribution in [0.4, 0.5) is 5.13 Å². The molecule has 0 fully saturated rings. The van der Waals surface area contributed by atoms with E-state index in [9.17, 15) is 4.79 Å². The molecule has 3 aromatic carbocycles. The highest BCUT2D eigenvalue weighted by Crippen LogP contribution is 2.36. The average Bonchev–Trinajstić information content (AvgIpc) is 3.43. The zero-order valence-corrected chi connectivity index (χ0v) is 17.0. The van der Waals surface area contributed by atoms with Crippen molar-refractivity contribution in [3.05, 3.63) is 78.4 Å². The van der Waals surface area contributed by atoms with Gasteiger partial charge in [-0.05, 0) is 42.5 Å². The van der Waals surface area contributed by atoms with E-state index in [0.717, 1.165) is 26.7 Å². The maximum Gasteiger partial charge on any atom is 0.258 e. The maximum atomic E-state index is 13.3. The number of benzene rings is 3. The number of carbonyl (C=O) groups is 1. The smallest absolute Gasteiger partial charge is 0.258 e. The molecule has 3 heterocycles. The van der Waals surface area contributed by atoms with Crippen molar-refractivity contribution in [2.24, 2.45) is 0 Å². The lowest BCUT2D eigenvalue weighted by molar-refractivity contribution is 0.102. The van der Waals surface area contributed by atoms with Crippen molar-refractivity contribution in [3.63, 3.8) is 0 Å². The molecule has 6 rings (SSSR count). The minimum Gasteiger partial charge on any atom is -0.454 e. The van der Waals surface area contributed by atoms with Gasteiger partial charge in [-0.3, -0.25) is 10.1 Å². The summed E-state index contributed by atoms with van der Waals surface area (Å²) in [4.78, 5) is 22.5. The van der Waals surface area contributed by atoms with Crippen LogP contribution in [-0.4, -0.2) is 22.7 Å². The number of nitrogens with one attached hydrogen (secondary N) is 1. The van der Waals surface area contributed by atoms with Crippen LogP contribution in [0.15, 0.2) is 72.8 Å². The van der Waals surface area contributed by atoms with Crippen molar-refractivity contribution in [1.29, 1.82) is 0 Å². The second-order valence-electron chi connectivity index (χ2n) is 7.08. The van der Waals surface area contributed by atoms with Crippen LogP contribution in [0.25, 0.3) is 32.4 Å². The minimum atomic E-state index is -0.223. The highest BCUT2D eigenvalue weighted by atomic mass is 32.1. The fourth-order valence-electron chi connectivity index (χ4n) is 3.66. The number of ether oxygens (including phenoxy) is 2. The lowest BCUT2D eigenvalue weighted by Crippen LogP contribution is -2.13. The fourth-order valence-corrected chi connectivity index (χ4v) is 4.52. The third-order valence-corrected chi connectivity index (χ3v) is 6.10. The molecule has 1 aliphatic heterocycles. The number of nitrogens with zero attached hydrogens (tertiary/aromatic N) is 2. The SMILES string of the molecule is O=C(Nc1nc2ccccc2s1)c1cc(-c2ccc3c(c2)OCO3)nc2ccccc12. The Balaban J connectivity index is 1.43. The van der Waals surface area contributed by atoms with Crippen LogP contribution in [0, 0.1) is 0 Å². The molecule has 150 valence electrons. The number of rotatable bonds is 3. The molecule has 31 heavy (non-hydrogen) atoms. The standard InChI is InChI=1S/C24H15N3O3S/c28-23(27-24-26-18-7-3-4-8-22(18)31-24)16-12-19(25-17-6-2-1-5-15(16)17)14-9-10-20-21(11-14)30-13-29-20/h1-12H,13H2,(H,26,27,28). The molecule has 5 aromatic rings. The van der Waals surface area contributed by atoms with Gasteiger partial charge in [-0.1, -0.05) is 41.7 Å². The summed E-state index contributed by atoms with van der Waals surface area (Å²) in [6.07, 6.45) is 0. The number of hydrogen-bond acceptors (Lipinski definition) is 6. The van der Waals surface area contributed by atoms with Gasteiger partial charge in [0.25, 0.3) is 5.91 Å². The first kappa shape index (κ1) is 17.9. The predicted octanol–water partition coefficient (Wildman–Crippen LogP) is 5.49. The number of hydrogen-bond donors (Lipinski definition) is 1. The van der Waals surface area contributed by atoms with Crippen molar-refractivity contribution in [2.75, 3.05) is 12.1 Å². The first-order valence-electron chi connectivity index (χ1n) is 9.71. The number of carbonyl (C=O) groups excluding carboxylic acids is 1. The van der Waals surface area contributed by atoms with E-state index in [1.165, 1.54) is 11.3 Å². The number of thiazole rings is 1. The van der Waals surface area contributed by atoms with E-state index in [4.69, 9.17) is 14.5 Å². The van der Waals surface area contributed by atoms with Crippen LogP contribution in [-0.2, 0) is 0 Å². The Kier molecular flexibility index (Phi) is 4.07. The van der Waals surface area contributed by atoms with E-state index in [-0.39, 0.29) is 12.7 Å². The van der Waals surface area contributed by atoms with E-state index in [2.05, 4.69) is 10.3 Å². The molecule has 0 atom stereocenters. The number of para-hydroxylation sites is 2. The second kappa shape index (κ2) is 7.07. The Bertz CT molecular complexity index is 1440. The molecule has 2 aromatic heterocycles. The molecule has 1 amide bonds. The summed E-state index contributed by atoms with van der Waals surface area (Å²) in [6, 6.07) is 22.9. The monoisotopic (exact) mass is 425 g/mol. The van der Waals surface area contributed by atoms with Crippen molar-refractivity contribution >= 4 is 43.5 Å². The topological polar surface area (TPSA) is 73.3 Å². The molecule has 7 heteroatoms. The van der Waals surface area contributed by atoms with Gasteiger partial charge >= 0.3 is 0 Å². The Hall–Kier alpha value is -3.97. The fraction of sp³-hybridized carbons (Fsp3) is 0.0417. The van der Waals surface area contributed by atoms with Gasteiger partial charge in [-0.25, -0.2) is 9.97 Å². The average molecular weight is 425 g/mol. The quantitative estimate of drug-likeness (QED) is 0.414. The lowest BCUT2D eigenvalue weighted by atomic mass is 10.0. The Morgan fingerprint density at radius 3 is 2.58 bits per heavy atom. The zero-order valence-electron chi connectivity index (χ0n) is 16.2. The largest absolute Gasteiger partial charge is 0.454 e. The Labute approximate surface area is 181 Å². The number of anilines is 1. The molecule has 1 aliphatic rings. The number of fused-ring (bicyclic) bond motifs is 3. The van der Waals surface area contributed by atoms with Crippen molar-refractivity contribution < 1.29 is 14.3 Å². The first-order chi connectivity index (χ1) is 15.2. The normalized spacial score (nSPS) is 12.4. The van der Waals surface area contributed by atoms with Crippen LogP contribution in [0.2, 0.25) is 0 Å². The molecule has 0 radical (unpaired) electrons. The van der Waals surface area contributed by atoms with Gasteiger partial charge in [0.05, 0.1) is 27.0 Å². The lowest BCUT2D eigenvalue weighted by Gasteiger charge is -2.10. The van der Waals surface area contributed by atoms with Gasteiger partial charge in [0, 0.05) is 10.9 Å². The van der Waals surface area contributed by atoms with E-state index < -0.39 is 0 Å². The third-order valence-electron chi connectivity index (χ3n) is 5.14. The summed E-state index contributed by atoms with van der Waals surface area (Å²) in [7, 11) is 0. The van der Waals surface area contributed by atoms with Crippen molar-refractivity contribution in [1.82, 2.24) is 9.97 Å². The molecular formula is C24H15N3O3S. The van der Waals surface area contributed by atoms with Crippen molar-refractivity contribution in [2.45, 2.75) is 0 Å². The van der Waals surface area contributed by atoms with Gasteiger partial charge in [0.2, 0.25) is 6.79 Å². The molecule has 6 nitrogen and oxygen atoms in total. The summed E-state index contributed by atoms with van der Waals surface area (Å²) in [5.41, 5.74) is 3.68. The Morgan fingerprint density at radius 2 is 1.68 bits per heavy atom.